The first-order chi connectivity index (χ1) is 12.8. The summed E-state index contributed by atoms with van der Waals surface area (Å²) >= 11 is 0. The summed E-state index contributed by atoms with van der Waals surface area (Å²) in [4.78, 5) is 27.3. The monoisotopic (exact) mass is 398 g/mol. The Labute approximate surface area is 155 Å². The van der Waals surface area contributed by atoms with E-state index in [1.807, 2.05) is 0 Å². The summed E-state index contributed by atoms with van der Waals surface area (Å²) in [5.74, 6) is 0.304. The molecule has 3 heterocycles. The average molecular weight is 398 g/mol. The molecule has 146 valence electrons. The van der Waals surface area contributed by atoms with Gasteiger partial charge in [0, 0.05) is 18.3 Å². The van der Waals surface area contributed by atoms with Gasteiger partial charge >= 0.3 is 6.09 Å². The van der Waals surface area contributed by atoms with Crippen LogP contribution in [-0.2, 0) is 28.6 Å². The summed E-state index contributed by atoms with van der Waals surface area (Å²) in [5.41, 5.74) is 1.16. The largest absolute Gasteiger partial charge is 0.489 e. The molecule has 0 saturated carbocycles. The second-order valence-electron chi connectivity index (χ2n) is 6.41. The van der Waals surface area contributed by atoms with Crippen molar-refractivity contribution in [2.45, 2.75) is 12.1 Å². The minimum atomic E-state index is -3.65. The normalized spacial score (nSPS) is 24.9. The number of nitrogens with zero attached hydrogens (tertiary/aromatic N) is 2. The Morgan fingerprint density at radius 2 is 2.11 bits per heavy atom. The molecule has 27 heavy (non-hydrogen) atoms. The number of cyclic esters (lactones) is 1. The fourth-order valence-corrected chi connectivity index (χ4v) is 3.69. The molecule has 0 N–H and O–H groups in total. The van der Waals surface area contributed by atoms with Crippen molar-refractivity contribution in [1.82, 2.24) is 0 Å². The Morgan fingerprint density at radius 1 is 1.30 bits per heavy atom. The summed E-state index contributed by atoms with van der Waals surface area (Å²) in [7, 11) is -3.65. The zero-order chi connectivity index (χ0) is 19.2. The van der Waals surface area contributed by atoms with Crippen LogP contribution in [0.3, 0.4) is 0 Å². The summed E-state index contributed by atoms with van der Waals surface area (Å²) in [6.07, 6.45) is -0.425. The fourth-order valence-electron chi connectivity index (χ4n) is 3.31. The van der Waals surface area contributed by atoms with Gasteiger partial charge in [0.15, 0.2) is 6.10 Å². The average Bonchev–Trinajstić information content (AvgIpc) is 2.96. The van der Waals surface area contributed by atoms with Gasteiger partial charge in [-0.2, -0.15) is 8.42 Å². The minimum Gasteiger partial charge on any atom is -0.489 e. The van der Waals surface area contributed by atoms with Gasteiger partial charge in [-0.1, -0.05) is 0 Å². The summed E-state index contributed by atoms with van der Waals surface area (Å²) < 4.78 is 43.3. The Morgan fingerprint density at radius 3 is 2.85 bits per heavy atom. The minimum absolute atomic E-state index is 0.0283. The van der Waals surface area contributed by atoms with E-state index in [0.29, 0.717) is 30.3 Å². The van der Waals surface area contributed by atoms with E-state index in [1.165, 1.54) is 4.90 Å². The van der Waals surface area contributed by atoms with E-state index in [4.69, 9.17) is 18.4 Å². The molecule has 3 aliphatic heterocycles. The number of carbonyl (C=O) groups excluding carboxylic acids is 2. The Kier molecular flexibility index (Phi) is 4.44. The SMILES string of the molecule is CS(=O)(=O)OCC1OC(=O)N2c3ccc(N4CCOCC4=O)cc3OCC12. The number of anilines is 2. The van der Waals surface area contributed by atoms with Crippen molar-refractivity contribution in [3.63, 3.8) is 0 Å². The summed E-state index contributed by atoms with van der Waals surface area (Å²) in [6.45, 7) is 0.769. The molecule has 0 radical (unpaired) electrons. The van der Waals surface area contributed by atoms with Gasteiger partial charge in [-0.05, 0) is 12.1 Å². The quantitative estimate of drug-likeness (QED) is 0.657. The highest BCUT2D eigenvalue weighted by molar-refractivity contribution is 7.85. The van der Waals surface area contributed by atoms with Gasteiger partial charge < -0.3 is 19.1 Å². The summed E-state index contributed by atoms with van der Waals surface area (Å²) in [6, 6.07) is 4.60. The first-order valence-corrected chi connectivity index (χ1v) is 10.1. The van der Waals surface area contributed by atoms with E-state index in [-0.39, 0.29) is 25.7 Å². The molecule has 2 unspecified atom stereocenters. The van der Waals surface area contributed by atoms with Gasteiger partial charge in [-0.15, -0.1) is 0 Å². The van der Waals surface area contributed by atoms with Gasteiger partial charge in [0.05, 0.1) is 18.6 Å². The molecular formula is C16H18N2O8S. The first-order valence-electron chi connectivity index (χ1n) is 8.33. The second-order valence-corrected chi connectivity index (χ2v) is 8.05. The Balaban J connectivity index is 1.57. The highest BCUT2D eigenvalue weighted by Crippen LogP contribution is 2.41. The Hall–Kier alpha value is -2.37. The van der Waals surface area contributed by atoms with Crippen molar-refractivity contribution < 1.29 is 36.4 Å². The van der Waals surface area contributed by atoms with Crippen LogP contribution in [0.5, 0.6) is 5.75 Å². The lowest BCUT2D eigenvalue weighted by atomic mass is 10.1. The van der Waals surface area contributed by atoms with Crippen LogP contribution in [0.1, 0.15) is 0 Å². The third kappa shape index (κ3) is 3.45. The van der Waals surface area contributed by atoms with Crippen LogP contribution in [-0.4, -0.2) is 71.8 Å². The van der Waals surface area contributed by atoms with Gasteiger partial charge in [-0.3, -0.25) is 13.9 Å². The number of amides is 2. The molecule has 2 atom stereocenters. The van der Waals surface area contributed by atoms with Crippen molar-refractivity contribution >= 4 is 33.5 Å². The molecule has 4 rings (SSSR count). The second kappa shape index (κ2) is 6.66. The fraction of sp³-hybridized carbons (Fsp3) is 0.500. The highest BCUT2D eigenvalue weighted by Gasteiger charge is 2.47. The lowest BCUT2D eigenvalue weighted by Crippen LogP contribution is -2.46. The molecule has 1 aromatic rings. The van der Waals surface area contributed by atoms with E-state index in [1.54, 1.807) is 23.1 Å². The van der Waals surface area contributed by atoms with Gasteiger partial charge in [-0.25, -0.2) is 4.79 Å². The predicted octanol–water partition coefficient (Wildman–Crippen LogP) is 0.112. The number of rotatable bonds is 4. The molecule has 0 aromatic heterocycles. The van der Waals surface area contributed by atoms with Gasteiger partial charge in [0.1, 0.15) is 31.6 Å². The number of hydrogen-bond donors (Lipinski definition) is 0. The molecule has 10 nitrogen and oxygen atoms in total. The van der Waals surface area contributed by atoms with Crippen molar-refractivity contribution in [3.8, 4) is 5.75 Å². The number of ether oxygens (including phenoxy) is 3. The maximum absolute atomic E-state index is 12.3. The van der Waals surface area contributed by atoms with Crippen LogP contribution in [0, 0.1) is 0 Å². The molecule has 2 fully saturated rings. The van der Waals surface area contributed by atoms with Crippen molar-refractivity contribution in [3.05, 3.63) is 18.2 Å². The first kappa shape index (κ1) is 18.0. The number of morpholine rings is 1. The van der Waals surface area contributed by atoms with Crippen LogP contribution in [0.2, 0.25) is 0 Å². The molecule has 2 saturated heterocycles. The number of carbonyl (C=O) groups is 2. The van der Waals surface area contributed by atoms with E-state index in [2.05, 4.69) is 0 Å². The van der Waals surface area contributed by atoms with Crippen molar-refractivity contribution in [2.75, 3.05) is 49.0 Å². The molecule has 11 heteroatoms. The maximum Gasteiger partial charge on any atom is 0.415 e. The predicted molar refractivity (Wildman–Crippen MR) is 92.4 cm³/mol. The van der Waals surface area contributed by atoms with Crippen molar-refractivity contribution in [2.24, 2.45) is 0 Å². The van der Waals surface area contributed by atoms with Crippen LogP contribution in [0.25, 0.3) is 0 Å². The van der Waals surface area contributed by atoms with Crippen LogP contribution in [0.15, 0.2) is 18.2 Å². The van der Waals surface area contributed by atoms with Crippen molar-refractivity contribution in [1.29, 1.82) is 0 Å². The molecule has 3 aliphatic rings. The van der Waals surface area contributed by atoms with E-state index >= 15 is 0 Å². The van der Waals surface area contributed by atoms with Gasteiger partial charge in [0.25, 0.3) is 16.0 Å². The molecule has 0 aliphatic carbocycles. The smallest absolute Gasteiger partial charge is 0.415 e. The lowest BCUT2D eigenvalue weighted by Gasteiger charge is -2.33. The highest BCUT2D eigenvalue weighted by atomic mass is 32.2. The van der Waals surface area contributed by atoms with Crippen LogP contribution < -0.4 is 14.5 Å². The third-order valence-electron chi connectivity index (χ3n) is 4.57. The molecule has 0 bridgehead atoms. The number of fused-ring (bicyclic) bond motifs is 3. The molecule has 0 spiro atoms. The van der Waals surface area contributed by atoms with E-state index < -0.39 is 28.4 Å². The van der Waals surface area contributed by atoms with E-state index in [0.717, 1.165) is 6.26 Å². The maximum atomic E-state index is 12.3. The zero-order valence-electron chi connectivity index (χ0n) is 14.5. The molecule has 2 amide bonds. The topological polar surface area (TPSA) is 112 Å². The number of hydrogen-bond acceptors (Lipinski definition) is 8. The Bertz CT molecular complexity index is 886. The summed E-state index contributed by atoms with van der Waals surface area (Å²) in [5, 5.41) is 0. The molecular weight excluding hydrogens is 380 g/mol. The zero-order valence-corrected chi connectivity index (χ0v) is 15.3. The lowest BCUT2D eigenvalue weighted by molar-refractivity contribution is -0.125. The third-order valence-corrected chi connectivity index (χ3v) is 5.13. The van der Waals surface area contributed by atoms with Crippen LogP contribution >= 0.6 is 0 Å². The molecule has 1 aromatic carbocycles. The van der Waals surface area contributed by atoms with Gasteiger partial charge in [0.2, 0.25) is 0 Å². The van der Waals surface area contributed by atoms with E-state index in [9.17, 15) is 18.0 Å². The van der Waals surface area contributed by atoms with Crippen LogP contribution in [0.4, 0.5) is 16.2 Å². The number of benzene rings is 1. The standard InChI is InChI=1S/C16H18N2O8S/c1-27(21,22)25-8-14-12-7-24-13-6-10(17-4-5-23-9-15(17)19)2-3-11(13)18(12)16(20)26-14/h2-3,6,12,14H,4-5,7-9H2,1H3.